The monoisotopic (exact) mass is 331 g/mol. The van der Waals surface area contributed by atoms with Crippen LogP contribution in [0.25, 0.3) is 0 Å². The molecular weight excluding hydrogens is 306 g/mol. The molecule has 2 bridgehead atoms. The Morgan fingerprint density at radius 2 is 2.10 bits per heavy atom. The van der Waals surface area contributed by atoms with Gasteiger partial charge in [0.05, 0.1) is 5.75 Å². The molecule has 3 fully saturated rings. The molecule has 1 heterocycles. The van der Waals surface area contributed by atoms with Crippen LogP contribution in [0.5, 0.6) is 0 Å². The van der Waals surface area contributed by atoms with Gasteiger partial charge in [-0.25, -0.2) is 13.1 Å². The molecule has 2 saturated carbocycles. The predicted octanol–water partition coefficient (Wildman–Crippen LogP) is 2.05. The maximum absolute atomic E-state index is 12.5. The third-order valence-corrected chi connectivity index (χ3v) is 8.90. The second kappa shape index (κ2) is 5.24. The number of carbonyl (C=O) groups is 1. The summed E-state index contributed by atoms with van der Waals surface area (Å²) in [4.78, 5) is 12.4. The number of Topliss-reactive ketones (excluding diaryl/α,β-unsaturated/α-hetero) is 1. The summed E-state index contributed by atoms with van der Waals surface area (Å²) in [5, 5.41) is 0. The van der Waals surface area contributed by atoms with Gasteiger partial charge in [-0.15, -0.1) is 0 Å². The predicted molar refractivity (Wildman–Crippen MR) is 85.8 cm³/mol. The maximum Gasteiger partial charge on any atom is 0.212 e. The number of thioether (sulfide) groups is 1. The van der Waals surface area contributed by atoms with Crippen molar-refractivity contribution in [2.24, 2.45) is 22.7 Å². The summed E-state index contributed by atoms with van der Waals surface area (Å²) in [6.07, 6.45) is 3.39. The highest BCUT2D eigenvalue weighted by Gasteiger charge is 2.65. The van der Waals surface area contributed by atoms with Gasteiger partial charge in [0.1, 0.15) is 5.78 Å². The van der Waals surface area contributed by atoms with Crippen molar-refractivity contribution < 1.29 is 13.2 Å². The van der Waals surface area contributed by atoms with Crippen LogP contribution in [-0.2, 0) is 14.8 Å². The number of rotatable bonds is 5. The number of nitrogens with one attached hydrogen (secondary N) is 1. The second-order valence-corrected chi connectivity index (χ2v) is 10.5. The van der Waals surface area contributed by atoms with E-state index in [4.69, 9.17) is 0 Å². The van der Waals surface area contributed by atoms with Crippen molar-refractivity contribution in [3.05, 3.63) is 0 Å². The van der Waals surface area contributed by atoms with E-state index in [1.54, 1.807) is 0 Å². The number of ketones is 1. The van der Waals surface area contributed by atoms with Crippen LogP contribution >= 0.6 is 11.8 Å². The SMILES string of the molecule is CC1(C)C2CCC1(CS(=O)(=O)NCC1CCSC1)C(=O)C2. The fourth-order valence-electron chi connectivity index (χ4n) is 4.47. The third-order valence-electron chi connectivity index (χ3n) is 6.19. The molecule has 120 valence electrons. The van der Waals surface area contributed by atoms with Crippen molar-refractivity contribution in [2.75, 3.05) is 23.8 Å². The largest absolute Gasteiger partial charge is 0.299 e. The van der Waals surface area contributed by atoms with E-state index < -0.39 is 15.4 Å². The fraction of sp³-hybridized carbons (Fsp3) is 0.933. The van der Waals surface area contributed by atoms with Crippen LogP contribution in [0.15, 0.2) is 0 Å². The Labute approximate surface area is 131 Å². The zero-order valence-electron chi connectivity index (χ0n) is 12.9. The molecule has 1 aliphatic heterocycles. The summed E-state index contributed by atoms with van der Waals surface area (Å²) in [6, 6.07) is 0. The quantitative estimate of drug-likeness (QED) is 0.837. The lowest BCUT2D eigenvalue weighted by Gasteiger charge is -2.36. The van der Waals surface area contributed by atoms with Gasteiger partial charge in [-0.2, -0.15) is 11.8 Å². The van der Waals surface area contributed by atoms with Crippen LogP contribution in [0.4, 0.5) is 0 Å². The molecule has 21 heavy (non-hydrogen) atoms. The highest BCUT2D eigenvalue weighted by atomic mass is 32.2. The highest BCUT2D eigenvalue weighted by Crippen LogP contribution is 2.64. The first-order chi connectivity index (χ1) is 9.77. The minimum atomic E-state index is -3.38. The topological polar surface area (TPSA) is 63.2 Å². The molecule has 0 radical (unpaired) electrons. The van der Waals surface area contributed by atoms with Crippen molar-refractivity contribution in [3.63, 3.8) is 0 Å². The Hall–Kier alpha value is -0.0700. The van der Waals surface area contributed by atoms with Gasteiger partial charge >= 0.3 is 0 Å². The molecule has 3 atom stereocenters. The number of hydrogen-bond acceptors (Lipinski definition) is 4. The molecule has 1 N–H and O–H groups in total. The van der Waals surface area contributed by atoms with Crippen molar-refractivity contribution in [1.82, 2.24) is 4.72 Å². The zero-order chi connectivity index (χ0) is 15.3. The number of carbonyl (C=O) groups excluding carboxylic acids is 1. The normalized spacial score (nSPS) is 38.3. The summed E-state index contributed by atoms with van der Waals surface area (Å²) in [7, 11) is -3.38. The molecule has 1 saturated heterocycles. The lowest BCUT2D eigenvalue weighted by atomic mass is 9.70. The summed E-state index contributed by atoms with van der Waals surface area (Å²) < 4.78 is 27.7. The molecule has 0 spiro atoms. The maximum atomic E-state index is 12.5. The van der Waals surface area contributed by atoms with Gasteiger partial charge in [-0.05, 0) is 48.0 Å². The van der Waals surface area contributed by atoms with Crippen LogP contribution in [-0.4, -0.2) is 38.0 Å². The van der Waals surface area contributed by atoms with E-state index in [2.05, 4.69) is 18.6 Å². The van der Waals surface area contributed by atoms with Gasteiger partial charge in [-0.3, -0.25) is 4.79 Å². The Morgan fingerprint density at radius 1 is 1.33 bits per heavy atom. The number of sulfonamides is 1. The van der Waals surface area contributed by atoms with Crippen LogP contribution in [0, 0.1) is 22.7 Å². The van der Waals surface area contributed by atoms with Crippen LogP contribution in [0.3, 0.4) is 0 Å². The van der Waals surface area contributed by atoms with Crippen LogP contribution < -0.4 is 4.72 Å². The smallest absolute Gasteiger partial charge is 0.212 e. The Bertz CT molecular complexity index is 537. The van der Waals surface area contributed by atoms with E-state index in [0.29, 0.717) is 24.8 Å². The first-order valence-corrected chi connectivity index (χ1v) is 10.7. The fourth-order valence-corrected chi connectivity index (χ4v) is 7.68. The Kier molecular flexibility index (Phi) is 3.94. The van der Waals surface area contributed by atoms with Crippen LogP contribution in [0.1, 0.15) is 39.5 Å². The summed E-state index contributed by atoms with van der Waals surface area (Å²) >= 11 is 1.89. The van der Waals surface area contributed by atoms with E-state index in [1.165, 1.54) is 0 Å². The molecule has 4 nitrogen and oxygen atoms in total. The molecule has 2 aliphatic carbocycles. The van der Waals surface area contributed by atoms with E-state index in [1.807, 2.05) is 11.8 Å². The van der Waals surface area contributed by atoms with E-state index in [0.717, 1.165) is 30.8 Å². The Morgan fingerprint density at radius 3 is 2.62 bits per heavy atom. The molecule has 3 rings (SSSR count). The van der Waals surface area contributed by atoms with Gasteiger partial charge in [0.25, 0.3) is 0 Å². The molecule has 0 aromatic carbocycles. The molecule has 3 unspecified atom stereocenters. The third kappa shape index (κ3) is 2.57. The van der Waals surface area contributed by atoms with Crippen molar-refractivity contribution in [1.29, 1.82) is 0 Å². The molecule has 0 aromatic rings. The van der Waals surface area contributed by atoms with E-state index >= 15 is 0 Å². The minimum Gasteiger partial charge on any atom is -0.299 e. The van der Waals surface area contributed by atoms with Crippen molar-refractivity contribution in [2.45, 2.75) is 39.5 Å². The molecule has 0 aromatic heterocycles. The van der Waals surface area contributed by atoms with Gasteiger partial charge in [0.2, 0.25) is 10.0 Å². The Balaban J connectivity index is 1.70. The minimum absolute atomic E-state index is 0.0117. The van der Waals surface area contributed by atoms with Crippen LogP contribution in [0.2, 0.25) is 0 Å². The highest BCUT2D eigenvalue weighted by molar-refractivity contribution is 7.99. The van der Waals surface area contributed by atoms with E-state index in [9.17, 15) is 13.2 Å². The van der Waals surface area contributed by atoms with Crippen molar-refractivity contribution >= 4 is 27.6 Å². The number of hydrogen-bond donors (Lipinski definition) is 1. The lowest BCUT2D eigenvalue weighted by molar-refractivity contribution is -0.128. The van der Waals surface area contributed by atoms with Gasteiger partial charge in [0.15, 0.2) is 0 Å². The molecule has 0 amide bonds. The van der Waals surface area contributed by atoms with Gasteiger partial charge < -0.3 is 0 Å². The lowest BCUT2D eigenvalue weighted by Crippen LogP contribution is -2.46. The first-order valence-electron chi connectivity index (χ1n) is 7.85. The standard InChI is InChI=1S/C15H25NO3S2/c1-14(2)12-3-5-15(14,13(17)7-12)10-21(18,19)16-8-11-4-6-20-9-11/h11-12,16H,3-10H2,1-2H3. The first kappa shape index (κ1) is 15.8. The van der Waals surface area contributed by atoms with Gasteiger partial charge in [0, 0.05) is 18.4 Å². The summed E-state index contributed by atoms with van der Waals surface area (Å²) in [5.74, 6) is 3.15. The summed E-state index contributed by atoms with van der Waals surface area (Å²) in [5.41, 5.74) is -0.823. The average molecular weight is 332 g/mol. The number of fused-ring (bicyclic) bond motifs is 2. The second-order valence-electron chi connectivity index (χ2n) is 7.50. The van der Waals surface area contributed by atoms with Gasteiger partial charge in [-0.1, -0.05) is 13.8 Å². The molecule has 3 aliphatic rings. The molecule has 6 heteroatoms. The molecular formula is C15H25NO3S2. The zero-order valence-corrected chi connectivity index (χ0v) is 14.5. The van der Waals surface area contributed by atoms with E-state index in [-0.39, 0.29) is 17.0 Å². The average Bonchev–Trinajstić information content (AvgIpc) is 3.02. The summed E-state index contributed by atoms with van der Waals surface area (Å²) in [6.45, 7) is 4.70. The van der Waals surface area contributed by atoms with Crippen molar-refractivity contribution in [3.8, 4) is 0 Å².